The van der Waals surface area contributed by atoms with Gasteiger partial charge in [-0.2, -0.15) is 0 Å². The van der Waals surface area contributed by atoms with Crippen LogP contribution in [0.15, 0.2) is 20.9 Å². The maximum absolute atomic E-state index is 11.3. The van der Waals surface area contributed by atoms with E-state index in [4.69, 9.17) is 5.21 Å². The van der Waals surface area contributed by atoms with E-state index in [2.05, 4.69) is 10.1 Å². The van der Waals surface area contributed by atoms with Gasteiger partial charge in [0.2, 0.25) is 0 Å². The van der Waals surface area contributed by atoms with Gasteiger partial charge >= 0.3 is 11.1 Å². The summed E-state index contributed by atoms with van der Waals surface area (Å²) >= 11 is 0. The molecule has 0 spiro atoms. The van der Waals surface area contributed by atoms with Crippen LogP contribution in [0.4, 0.5) is 0 Å². The minimum Gasteiger partial charge on any atom is -0.411 e. The average molecular weight is 211 g/mol. The first-order valence-electron chi connectivity index (χ1n) is 4.05. The number of Topliss-reactive ketones (excluding diaryl/α,β-unsaturated/α-hetero) is 1. The van der Waals surface area contributed by atoms with Crippen molar-refractivity contribution >= 4 is 12.0 Å². The number of nitrogens with one attached hydrogen (secondary N) is 1. The number of aromatic amines is 1. The molecule has 0 atom stereocenters. The highest BCUT2D eigenvalue weighted by Gasteiger charge is 2.07. The summed E-state index contributed by atoms with van der Waals surface area (Å²) in [6, 6.07) is 0. The first-order chi connectivity index (χ1) is 7.06. The van der Waals surface area contributed by atoms with Gasteiger partial charge in [-0.15, -0.1) is 0 Å². The van der Waals surface area contributed by atoms with Crippen molar-refractivity contribution in [2.24, 2.45) is 5.16 Å². The third-order valence-corrected chi connectivity index (χ3v) is 1.67. The van der Waals surface area contributed by atoms with Crippen LogP contribution in [-0.2, 0) is 11.3 Å². The van der Waals surface area contributed by atoms with Crippen molar-refractivity contribution in [2.75, 3.05) is 0 Å². The molecule has 0 amide bonds. The fourth-order valence-electron chi connectivity index (χ4n) is 1.07. The molecule has 7 heteroatoms. The Hall–Kier alpha value is -2.18. The van der Waals surface area contributed by atoms with Gasteiger partial charge in [0.05, 0.1) is 18.5 Å². The van der Waals surface area contributed by atoms with Crippen molar-refractivity contribution < 1.29 is 10.0 Å². The molecular weight excluding hydrogens is 202 g/mol. The Labute approximate surface area is 83.7 Å². The van der Waals surface area contributed by atoms with Crippen LogP contribution in [-0.4, -0.2) is 26.8 Å². The van der Waals surface area contributed by atoms with E-state index in [1.165, 1.54) is 13.1 Å². The predicted molar refractivity (Wildman–Crippen MR) is 51.4 cm³/mol. The van der Waals surface area contributed by atoms with Crippen LogP contribution in [0, 0.1) is 0 Å². The topological polar surface area (TPSA) is 105 Å². The summed E-state index contributed by atoms with van der Waals surface area (Å²) < 4.78 is 0.931. The lowest BCUT2D eigenvalue weighted by atomic mass is 10.4. The Morgan fingerprint density at radius 2 is 2.33 bits per heavy atom. The second kappa shape index (κ2) is 4.36. The van der Waals surface area contributed by atoms with E-state index < -0.39 is 11.1 Å². The molecule has 0 unspecified atom stereocenters. The second-order valence-corrected chi connectivity index (χ2v) is 2.88. The first kappa shape index (κ1) is 10.9. The van der Waals surface area contributed by atoms with Gasteiger partial charge in [0.25, 0.3) is 0 Å². The number of ketones is 1. The zero-order valence-corrected chi connectivity index (χ0v) is 7.93. The van der Waals surface area contributed by atoms with Gasteiger partial charge in [-0.05, 0) is 6.92 Å². The van der Waals surface area contributed by atoms with Crippen LogP contribution in [0.1, 0.15) is 12.6 Å². The lowest BCUT2D eigenvalue weighted by Crippen LogP contribution is -2.38. The Morgan fingerprint density at radius 1 is 1.67 bits per heavy atom. The Balaban J connectivity index is 3.41. The zero-order valence-electron chi connectivity index (χ0n) is 7.93. The molecule has 0 saturated heterocycles. The third-order valence-electron chi connectivity index (χ3n) is 1.67. The van der Waals surface area contributed by atoms with Crippen molar-refractivity contribution in [2.45, 2.75) is 13.5 Å². The molecule has 0 fully saturated rings. The van der Waals surface area contributed by atoms with Gasteiger partial charge in [-0.3, -0.25) is 19.0 Å². The van der Waals surface area contributed by atoms with E-state index in [9.17, 15) is 14.4 Å². The van der Waals surface area contributed by atoms with E-state index >= 15 is 0 Å². The number of carbonyl (C=O) groups excluding carboxylic acids is 1. The summed E-state index contributed by atoms with van der Waals surface area (Å²) in [5.41, 5.74) is -1.54. The third kappa shape index (κ3) is 2.39. The molecule has 2 N–H and O–H groups in total. The average Bonchev–Trinajstić information content (AvgIpc) is 2.17. The number of carbonyl (C=O) groups is 1. The van der Waals surface area contributed by atoms with Gasteiger partial charge in [0.1, 0.15) is 5.78 Å². The van der Waals surface area contributed by atoms with Gasteiger partial charge in [0.15, 0.2) is 0 Å². The minimum absolute atomic E-state index is 0.150. The number of H-pyrrole nitrogens is 1. The van der Waals surface area contributed by atoms with E-state index in [0.29, 0.717) is 0 Å². The smallest absolute Gasteiger partial charge is 0.317 e. The fourth-order valence-corrected chi connectivity index (χ4v) is 1.07. The highest BCUT2D eigenvalue weighted by molar-refractivity contribution is 5.79. The number of aromatic nitrogens is 2. The monoisotopic (exact) mass is 211 g/mol. The molecule has 15 heavy (non-hydrogen) atoms. The van der Waals surface area contributed by atoms with E-state index in [1.807, 2.05) is 0 Å². The second-order valence-electron chi connectivity index (χ2n) is 2.88. The normalized spacial score (nSPS) is 10.7. The van der Waals surface area contributed by atoms with Gasteiger partial charge < -0.3 is 10.2 Å². The number of hydrogen-bond donors (Lipinski definition) is 2. The number of rotatable bonds is 3. The van der Waals surface area contributed by atoms with Crippen molar-refractivity contribution in [1.82, 2.24) is 9.55 Å². The molecule has 7 nitrogen and oxygen atoms in total. The maximum Gasteiger partial charge on any atom is 0.317 e. The molecule has 0 saturated carbocycles. The van der Waals surface area contributed by atoms with Gasteiger partial charge in [-0.25, -0.2) is 0 Å². The summed E-state index contributed by atoms with van der Waals surface area (Å²) in [4.78, 5) is 35.3. The predicted octanol–water partition coefficient (Wildman–Crippen LogP) is -1.07. The Bertz CT molecular complexity index is 511. The lowest BCUT2D eigenvalue weighted by Gasteiger charge is -2.05. The molecule has 0 aromatic carbocycles. The van der Waals surface area contributed by atoms with E-state index in [1.54, 1.807) is 0 Å². The maximum atomic E-state index is 11.3. The standard InChI is InChI=1S/C8H9N3O4/c1-5(12)4-11-6(3-10-15)2-9-7(13)8(11)14/h2-3,15H,4H2,1H3,(H,9,13)/b10-3-. The molecular formula is C8H9N3O4. The summed E-state index contributed by atoms with van der Waals surface area (Å²) in [7, 11) is 0. The molecule has 80 valence electrons. The highest BCUT2D eigenvalue weighted by Crippen LogP contribution is 1.89. The van der Waals surface area contributed by atoms with E-state index in [0.717, 1.165) is 10.8 Å². The summed E-state index contributed by atoms with van der Waals surface area (Å²) in [6.45, 7) is 1.05. The zero-order chi connectivity index (χ0) is 11.4. The Morgan fingerprint density at radius 3 is 2.87 bits per heavy atom. The molecule has 0 radical (unpaired) electrons. The highest BCUT2D eigenvalue weighted by atomic mass is 16.4. The molecule has 1 rings (SSSR count). The van der Waals surface area contributed by atoms with Crippen LogP contribution in [0.5, 0.6) is 0 Å². The SMILES string of the molecule is CC(=O)Cn1c(/C=N\O)c[nH]c(=O)c1=O. The van der Waals surface area contributed by atoms with E-state index in [-0.39, 0.29) is 18.0 Å². The summed E-state index contributed by atoms with van der Waals surface area (Å²) in [6.07, 6.45) is 2.15. The molecule has 1 heterocycles. The van der Waals surface area contributed by atoms with Crippen molar-refractivity contribution in [1.29, 1.82) is 0 Å². The molecule has 1 aromatic rings. The van der Waals surface area contributed by atoms with Crippen molar-refractivity contribution in [3.05, 3.63) is 32.6 Å². The molecule has 1 aromatic heterocycles. The molecule has 0 aliphatic rings. The van der Waals surface area contributed by atoms with Crippen molar-refractivity contribution in [3.8, 4) is 0 Å². The van der Waals surface area contributed by atoms with Crippen LogP contribution < -0.4 is 11.1 Å². The van der Waals surface area contributed by atoms with Crippen LogP contribution >= 0.6 is 0 Å². The molecule has 0 bridgehead atoms. The van der Waals surface area contributed by atoms with Gasteiger partial charge in [-0.1, -0.05) is 5.16 Å². The first-order valence-corrected chi connectivity index (χ1v) is 4.05. The Kier molecular flexibility index (Phi) is 3.17. The number of nitrogens with zero attached hydrogens (tertiary/aromatic N) is 2. The molecule has 0 aliphatic heterocycles. The number of oxime groups is 1. The van der Waals surface area contributed by atoms with Crippen molar-refractivity contribution in [3.63, 3.8) is 0 Å². The molecule has 0 aliphatic carbocycles. The fraction of sp³-hybridized carbons (Fsp3) is 0.250. The summed E-state index contributed by atoms with van der Waals surface area (Å²) in [5, 5.41) is 11.0. The largest absolute Gasteiger partial charge is 0.411 e. The van der Waals surface area contributed by atoms with Crippen LogP contribution in [0.3, 0.4) is 0 Å². The van der Waals surface area contributed by atoms with Crippen LogP contribution in [0.2, 0.25) is 0 Å². The lowest BCUT2D eigenvalue weighted by molar-refractivity contribution is -0.117. The summed E-state index contributed by atoms with van der Waals surface area (Å²) in [5.74, 6) is -0.282. The minimum atomic E-state index is -0.859. The van der Waals surface area contributed by atoms with Gasteiger partial charge in [0, 0.05) is 6.20 Å². The van der Waals surface area contributed by atoms with Crippen LogP contribution in [0.25, 0.3) is 0 Å². The quantitative estimate of drug-likeness (QED) is 0.287. The number of hydrogen-bond acceptors (Lipinski definition) is 5.